The van der Waals surface area contributed by atoms with Gasteiger partial charge in [0, 0.05) is 30.4 Å². The van der Waals surface area contributed by atoms with Gasteiger partial charge in [-0.2, -0.15) is 0 Å². The Labute approximate surface area is 174 Å². The minimum absolute atomic E-state index is 0.0183. The van der Waals surface area contributed by atoms with Crippen molar-refractivity contribution in [3.8, 4) is 0 Å². The van der Waals surface area contributed by atoms with Gasteiger partial charge in [-0.15, -0.1) is 0 Å². The number of rotatable bonds is 10. The van der Waals surface area contributed by atoms with Crippen LogP contribution in [0.15, 0.2) is 48.7 Å². The quantitative estimate of drug-likeness (QED) is 0.584. The second-order valence-corrected chi connectivity index (χ2v) is 8.26. The van der Waals surface area contributed by atoms with Gasteiger partial charge in [-0.25, -0.2) is 0 Å². The highest BCUT2D eigenvalue weighted by Crippen LogP contribution is 2.22. The first kappa shape index (κ1) is 22.6. The van der Waals surface area contributed by atoms with E-state index in [1.807, 2.05) is 42.5 Å². The van der Waals surface area contributed by atoms with Crippen LogP contribution in [0, 0.1) is 11.8 Å². The molecular weight excluding hydrogens is 362 g/mol. The lowest BCUT2D eigenvalue weighted by molar-refractivity contribution is -0.119. The number of nitrogens with zero attached hydrogens (tertiary/aromatic N) is 2. The highest BCUT2D eigenvalue weighted by molar-refractivity contribution is 5.94. The maximum atomic E-state index is 12.9. The summed E-state index contributed by atoms with van der Waals surface area (Å²) < 4.78 is 0. The zero-order chi connectivity index (χ0) is 21.2. The summed E-state index contributed by atoms with van der Waals surface area (Å²) in [5.74, 6) is 1.07. The summed E-state index contributed by atoms with van der Waals surface area (Å²) in [5, 5.41) is 2.93. The molecule has 0 saturated carbocycles. The number of hydrogen-bond donors (Lipinski definition) is 1. The van der Waals surface area contributed by atoms with Crippen molar-refractivity contribution < 1.29 is 9.59 Å². The number of aromatic nitrogens is 1. The molecule has 5 heteroatoms. The normalized spacial score (nSPS) is 11.0. The van der Waals surface area contributed by atoms with Crippen molar-refractivity contribution in [2.75, 3.05) is 10.2 Å². The molecule has 2 rings (SSSR count). The molecule has 0 spiro atoms. The number of pyridine rings is 1. The zero-order valence-electron chi connectivity index (χ0n) is 18.0. The molecule has 1 aromatic carbocycles. The summed E-state index contributed by atoms with van der Waals surface area (Å²) >= 11 is 0. The van der Waals surface area contributed by atoms with Crippen molar-refractivity contribution in [2.45, 2.75) is 59.9 Å². The molecule has 1 N–H and O–H groups in total. The van der Waals surface area contributed by atoms with Crippen LogP contribution in [0.2, 0.25) is 0 Å². The van der Waals surface area contributed by atoms with Crippen molar-refractivity contribution in [1.82, 2.24) is 4.98 Å². The van der Waals surface area contributed by atoms with E-state index in [9.17, 15) is 9.59 Å². The average Bonchev–Trinajstić information content (AvgIpc) is 2.70. The number of carbonyl (C=O) groups excluding carboxylic acids is 2. The van der Waals surface area contributed by atoms with Crippen molar-refractivity contribution >= 4 is 23.2 Å². The molecule has 2 aromatic rings. The fraction of sp³-hybridized carbons (Fsp3) is 0.458. The van der Waals surface area contributed by atoms with Gasteiger partial charge in [-0.05, 0) is 61.1 Å². The molecule has 0 saturated heterocycles. The number of hydrogen-bond acceptors (Lipinski definition) is 3. The van der Waals surface area contributed by atoms with E-state index in [2.05, 4.69) is 38.0 Å². The first-order valence-electron chi connectivity index (χ1n) is 10.5. The van der Waals surface area contributed by atoms with E-state index in [4.69, 9.17) is 0 Å². The first-order valence-corrected chi connectivity index (χ1v) is 10.5. The van der Waals surface area contributed by atoms with Gasteiger partial charge in [0.15, 0.2) is 0 Å². The van der Waals surface area contributed by atoms with Gasteiger partial charge in [0.25, 0.3) is 0 Å². The molecule has 156 valence electrons. The van der Waals surface area contributed by atoms with Crippen LogP contribution in [-0.2, 0) is 16.1 Å². The Morgan fingerprint density at radius 3 is 2.17 bits per heavy atom. The molecule has 1 heterocycles. The molecule has 5 nitrogen and oxygen atoms in total. The van der Waals surface area contributed by atoms with Gasteiger partial charge in [0.1, 0.15) is 0 Å². The number of amides is 2. The van der Waals surface area contributed by atoms with Gasteiger partial charge in [0.05, 0.1) is 12.2 Å². The minimum Gasteiger partial charge on any atom is -0.326 e. The molecule has 0 aliphatic carbocycles. The molecule has 0 bridgehead atoms. The summed E-state index contributed by atoms with van der Waals surface area (Å²) in [6, 6.07) is 13.2. The summed E-state index contributed by atoms with van der Waals surface area (Å²) in [6.07, 6.45) is 4.46. The molecule has 0 unspecified atom stereocenters. The predicted octanol–water partition coefficient (Wildman–Crippen LogP) is 5.43. The number of anilines is 2. The lowest BCUT2D eigenvalue weighted by atomic mass is 10.1. The Morgan fingerprint density at radius 2 is 1.59 bits per heavy atom. The maximum Gasteiger partial charge on any atom is 0.227 e. The molecular formula is C24H33N3O2. The van der Waals surface area contributed by atoms with Crippen LogP contribution in [-0.4, -0.2) is 16.8 Å². The van der Waals surface area contributed by atoms with E-state index in [1.165, 1.54) is 0 Å². The summed E-state index contributed by atoms with van der Waals surface area (Å²) in [7, 11) is 0. The van der Waals surface area contributed by atoms with E-state index in [-0.39, 0.29) is 11.8 Å². The largest absolute Gasteiger partial charge is 0.326 e. The maximum absolute atomic E-state index is 12.9. The molecule has 29 heavy (non-hydrogen) atoms. The van der Waals surface area contributed by atoms with E-state index in [0.29, 0.717) is 31.2 Å². The minimum atomic E-state index is 0.0183. The van der Waals surface area contributed by atoms with Crippen LogP contribution in [0.3, 0.4) is 0 Å². The third-order valence-corrected chi connectivity index (χ3v) is 4.69. The molecule has 0 aliphatic heterocycles. The fourth-order valence-corrected chi connectivity index (χ4v) is 2.89. The smallest absolute Gasteiger partial charge is 0.227 e. The standard InChI is InChI=1S/C24H33N3O2/c1-18(2)8-14-23(28)26-20-10-12-22(13-11-20)27(24(29)15-9-19(3)4)17-21-7-5-6-16-25-21/h5-7,10-13,16,18-19H,8-9,14-15,17H2,1-4H3,(H,26,28). The van der Waals surface area contributed by atoms with Crippen LogP contribution in [0.5, 0.6) is 0 Å². The molecule has 0 atom stereocenters. The molecule has 0 fully saturated rings. The third kappa shape index (κ3) is 8.06. The highest BCUT2D eigenvalue weighted by Gasteiger charge is 2.17. The average molecular weight is 396 g/mol. The summed E-state index contributed by atoms with van der Waals surface area (Å²) in [6.45, 7) is 8.88. The molecule has 0 radical (unpaired) electrons. The Morgan fingerprint density at radius 1 is 0.931 bits per heavy atom. The Hall–Kier alpha value is -2.69. The number of carbonyl (C=O) groups is 2. The van der Waals surface area contributed by atoms with Crippen molar-refractivity contribution in [1.29, 1.82) is 0 Å². The van der Waals surface area contributed by atoms with Gasteiger partial charge < -0.3 is 10.2 Å². The lowest BCUT2D eigenvalue weighted by Gasteiger charge is -2.23. The molecule has 1 aromatic heterocycles. The second-order valence-electron chi connectivity index (χ2n) is 8.26. The molecule has 2 amide bonds. The predicted molar refractivity (Wildman–Crippen MR) is 119 cm³/mol. The summed E-state index contributed by atoms with van der Waals surface area (Å²) in [5.41, 5.74) is 2.40. The summed E-state index contributed by atoms with van der Waals surface area (Å²) in [4.78, 5) is 31.1. The van der Waals surface area contributed by atoms with E-state index in [0.717, 1.165) is 29.9 Å². The fourth-order valence-electron chi connectivity index (χ4n) is 2.89. The van der Waals surface area contributed by atoms with Crippen molar-refractivity contribution in [3.05, 3.63) is 54.4 Å². The monoisotopic (exact) mass is 395 g/mol. The number of benzene rings is 1. The van der Waals surface area contributed by atoms with Gasteiger partial charge in [-0.1, -0.05) is 33.8 Å². The van der Waals surface area contributed by atoms with Gasteiger partial charge >= 0.3 is 0 Å². The van der Waals surface area contributed by atoms with Crippen LogP contribution in [0.1, 0.15) is 59.1 Å². The van der Waals surface area contributed by atoms with Crippen LogP contribution < -0.4 is 10.2 Å². The SMILES string of the molecule is CC(C)CCC(=O)Nc1ccc(N(Cc2ccccn2)C(=O)CCC(C)C)cc1. The van der Waals surface area contributed by atoms with E-state index in [1.54, 1.807) is 11.1 Å². The van der Waals surface area contributed by atoms with Gasteiger partial charge in [0.2, 0.25) is 11.8 Å². The Balaban J connectivity index is 2.10. The van der Waals surface area contributed by atoms with Crippen LogP contribution >= 0.6 is 0 Å². The first-order chi connectivity index (χ1) is 13.8. The second kappa shape index (κ2) is 11.3. The van der Waals surface area contributed by atoms with Gasteiger partial charge in [-0.3, -0.25) is 14.6 Å². The topological polar surface area (TPSA) is 62.3 Å². The van der Waals surface area contributed by atoms with Crippen molar-refractivity contribution in [3.63, 3.8) is 0 Å². The Kier molecular flexibility index (Phi) is 8.84. The van der Waals surface area contributed by atoms with E-state index >= 15 is 0 Å². The lowest BCUT2D eigenvalue weighted by Crippen LogP contribution is -2.30. The Bertz CT molecular complexity index is 770. The third-order valence-electron chi connectivity index (χ3n) is 4.69. The van der Waals surface area contributed by atoms with E-state index < -0.39 is 0 Å². The van der Waals surface area contributed by atoms with Crippen LogP contribution in [0.25, 0.3) is 0 Å². The highest BCUT2D eigenvalue weighted by atomic mass is 16.2. The van der Waals surface area contributed by atoms with Crippen LogP contribution in [0.4, 0.5) is 11.4 Å². The zero-order valence-corrected chi connectivity index (χ0v) is 18.0. The van der Waals surface area contributed by atoms with Crippen molar-refractivity contribution in [2.24, 2.45) is 11.8 Å². The molecule has 0 aliphatic rings. The number of nitrogens with one attached hydrogen (secondary N) is 1.